The van der Waals surface area contributed by atoms with Gasteiger partial charge in [-0.1, -0.05) is 18.2 Å². The Hall–Kier alpha value is -1.00. The third kappa shape index (κ3) is 1.85. The minimum absolute atomic E-state index is 0.0210. The topological polar surface area (TPSA) is 40.5 Å². The van der Waals surface area contributed by atoms with Gasteiger partial charge in [0.25, 0.3) is 0 Å². The van der Waals surface area contributed by atoms with Crippen molar-refractivity contribution in [2.45, 2.75) is 23.3 Å². The molecule has 0 saturated carbocycles. The van der Waals surface area contributed by atoms with Crippen molar-refractivity contribution < 1.29 is 9.90 Å². The summed E-state index contributed by atoms with van der Waals surface area (Å²) in [5, 5.41) is 9.67. The number of benzene rings is 1. The number of nitrogens with zero attached hydrogens (tertiary/aromatic N) is 1. The Morgan fingerprint density at radius 1 is 1.47 bits per heavy atom. The van der Waals surface area contributed by atoms with E-state index in [1.54, 1.807) is 23.6 Å². The fourth-order valence-electron chi connectivity index (χ4n) is 2.52. The van der Waals surface area contributed by atoms with Gasteiger partial charge in [0.05, 0.1) is 24.6 Å². The normalized spacial score (nSPS) is 25.3. The van der Waals surface area contributed by atoms with Gasteiger partial charge in [-0.3, -0.25) is 4.79 Å². The van der Waals surface area contributed by atoms with Crippen LogP contribution in [0.3, 0.4) is 0 Å². The van der Waals surface area contributed by atoms with Crippen LogP contribution in [0, 0.1) is 0 Å². The lowest BCUT2D eigenvalue weighted by atomic mass is 9.92. The molecule has 17 heavy (non-hydrogen) atoms. The van der Waals surface area contributed by atoms with Crippen LogP contribution in [-0.4, -0.2) is 40.4 Å². The maximum Gasteiger partial charge on any atom is 0.231 e. The van der Waals surface area contributed by atoms with Crippen molar-refractivity contribution in [2.75, 3.05) is 18.8 Å². The number of rotatable bonds is 1. The van der Waals surface area contributed by atoms with Crippen LogP contribution in [0.4, 0.5) is 0 Å². The highest BCUT2D eigenvalue weighted by atomic mass is 32.2. The summed E-state index contributed by atoms with van der Waals surface area (Å²) in [5.41, 5.74) is 0.468. The van der Waals surface area contributed by atoms with E-state index in [9.17, 15) is 9.90 Å². The van der Waals surface area contributed by atoms with E-state index in [2.05, 4.69) is 6.07 Å². The SMILES string of the molecule is CC1(O)CN(C(=O)C2CSc3ccccc32)C1. The van der Waals surface area contributed by atoms with Crippen LogP contribution in [0.15, 0.2) is 29.2 Å². The molecular formula is C13H15NO2S. The van der Waals surface area contributed by atoms with E-state index in [0.29, 0.717) is 13.1 Å². The van der Waals surface area contributed by atoms with Gasteiger partial charge in [-0.05, 0) is 18.6 Å². The number of aliphatic hydroxyl groups is 1. The third-order valence-corrected chi connectivity index (χ3v) is 4.56. The van der Waals surface area contributed by atoms with E-state index in [1.807, 2.05) is 18.2 Å². The molecule has 0 aliphatic carbocycles. The number of hydrogen-bond acceptors (Lipinski definition) is 3. The van der Waals surface area contributed by atoms with Crippen LogP contribution in [0.2, 0.25) is 0 Å². The van der Waals surface area contributed by atoms with Crippen molar-refractivity contribution in [2.24, 2.45) is 0 Å². The zero-order chi connectivity index (χ0) is 12.0. The Kier molecular flexibility index (Phi) is 2.45. The van der Waals surface area contributed by atoms with Crippen molar-refractivity contribution in [1.29, 1.82) is 0 Å². The van der Waals surface area contributed by atoms with Gasteiger partial charge in [0.15, 0.2) is 0 Å². The lowest BCUT2D eigenvalue weighted by Gasteiger charge is -2.45. The summed E-state index contributed by atoms with van der Waals surface area (Å²) in [5.74, 6) is 0.970. The third-order valence-electron chi connectivity index (χ3n) is 3.37. The summed E-state index contributed by atoms with van der Waals surface area (Å²) in [6.07, 6.45) is 0. The molecule has 1 aromatic carbocycles. The first kappa shape index (κ1) is 11.1. The summed E-state index contributed by atoms with van der Waals surface area (Å²) in [6.45, 7) is 2.71. The zero-order valence-electron chi connectivity index (χ0n) is 9.72. The molecule has 0 radical (unpaired) electrons. The van der Waals surface area contributed by atoms with E-state index < -0.39 is 5.60 Å². The molecule has 1 amide bonds. The molecule has 1 aromatic rings. The molecule has 1 saturated heterocycles. The van der Waals surface area contributed by atoms with Crippen molar-refractivity contribution in [3.05, 3.63) is 29.8 Å². The number of carbonyl (C=O) groups is 1. The number of fused-ring (bicyclic) bond motifs is 1. The molecule has 4 heteroatoms. The quantitative estimate of drug-likeness (QED) is 0.819. The van der Waals surface area contributed by atoms with Gasteiger partial charge in [-0.2, -0.15) is 0 Å². The largest absolute Gasteiger partial charge is 0.386 e. The number of β-amino-alcohol motifs (C(OH)–C–C–N with tert-alkyl or cyclic N) is 1. The van der Waals surface area contributed by atoms with Gasteiger partial charge in [-0.25, -0.2) is 0 Å². The number of thioether (sulfide) groups is 1. The molecule has 0 bridgehead atoms. The van der Waals surface area contributed by atoms with Crippen LogP contribution in [-0.2, 0) is 4.79 Å². The van der Waals surface area contributed by atoms with Crippen molar-refractivity contribution in [3.63, 3.8) is 0 Å². The Labute approximate surface area is 105 Å². The predicted molar refractivity (Wildman–Crippen MR) is 67.1 cm³/mol. The van der Waals surface area contributed by atoms with E-state index in [0.717, 1.165) is 11.3 Å². The molecule has 1 N–H and O–H groups in total. The van der Waals surface area contributed by atoms with Crippen LogP contribution < -0.4 is 0 Å². The molecule has 2 heterocycles. The molecule has 0 spiro atoms. The van der Waals surface area contributed by atoms with Gasteiger partial charge in [0.2, 0.25) is 5.91 Å². The molecular weight excluding hydrogens is 234 g/mol. The highest BCUT2D eigenvalue weighted by Gasteiger charge is 2.43. The predicted octanol–water partition coefficient (Wildman–Crippen LogP) is 1.47. The monoisotopic (exact) mass is 249 g/mol. The summed E-state index contributed by atoms with van der Waals surface area (Å²) < 4.78 is 0. The summed E-state index contributed by atoms with van der Waals surface area (Å²) >= 11 is 1.75. The lowest BCUT2D eigenvalue weighted by Crippen LogP contribution is -2.62. The number of carbonyl (C=O) groups excluding carboxylic acids is 1. The van der Waals surface area contributed by atoms with Gasteiger partial charge in [-0.15, -0.1) is 11.8 Å². The Morgan fingerprint density at radius 2 is 2.18 bits per heavy atom. The van der Waals surface area contributed by atoms with Crippen LogP contribution in [0.25, 0.3) is 0 Å². The number of amides is 1. The Balaban J connectivity index is 1.77. The minimum atomic E-state index is -0.680. The molecule has 90 valence electrons. The highest BCUT2D eigenvalue weighted by molar-refractivity contribution is 7.99. The van der Waals surface area contributed by atoms with E-state index >= 15 is 0 Å². The van der Waals surface area contributed by atoms with E-state index in [1.165, 1.54) is 4.90 Å². The van der Waals surface area contributed by atoms with Crippen LogP contribution in [0.1, 0.15) is 18.4 Å². The maximum atomic E-state index is 12.3. The maximum absolute atomic E-state index is 12.3. The van der Waals surface area contributed by atoms with Gasteiger partial charge in [0.1, 0.15) is 0 Å². The second kappa shape index (κ2) is 3.75. The van der Waals surface area contributed by atoms with Crippen molar-refractivity contribution >= 4 is 17.7 Å². The standard InChI is InChI=1S/C13H15NO2S/c1-13(16)7-14(8-13)12(15)10-6-17-11-5-3-2-4-9(10)11/h2-5,10,16H,6-8H2,1H3. The average molecular weight is 249 g/mol. The van der Waals surface area contributed by atoms with Crippen molar-refractivity contribution in [1.82, 2.24) is 4.90 Å². The van der Waals surface area contributed by atoms with E-state index in [-0.39, 0.29) is 11.8 Å². The molecule has 2 aliphatic heterocycles. The fourth-order valence-corrected chi connectivity index (χ4v) is 3.74. The molecule has 3 rings (SSSR count). The summed E-state index contributed by atoms with van der Waals surface area (Å²) in [7, 11) is 0. The molecule has 1 unspecified atom stereocenters. The highest BCUT2D eigenvalue weighted by Crippen LogP contribution is 2.41. The van der Waals surface area contributed by atoms with Crippen LogP contribution >= 0.6 is 11.8 Å². The van der Waals surface area contributed by atoms with Gasteiger partial charge in [0, 0.05) is 10.6 Å². The fraction of sp³-hybridized carbons (Fsp3) is 0.462. The zero-order valence-corrected chi connectivity index (χ0v) is 10.5. The lowest BCUT2D eigenvalue weighted by molar-refractivity contribution is -0.153. The molecule has 2 aliphatic rings. The smallest absolute Gasteiger partial charge is 0.231 e. The summed E-state index contributed by atoms with van der Waals surface area (Å²) in [6, 6.07) is 8.10. The Bertz CT molecular complexity index is 464. The summed E-state index contributed by atoms with van der Waals surface area (Å²) in [4.78, 5) is 15.3. The second-order valence-electron chi connectivity index (χ2n) is 5.09. The van der Waals surface area contributed by atoms with Crippen molar-refractivity contribution in [3.8, 4) is 0 Å². The van der Waals surface area contributed by atoms with Gasteiger partial charge < -0.3 is 10.0 Å². The number of hydrogen-bond donors (Lipinski definition) is 1. The Morgan fingerprint density at radius 3 is 2.88 bits per heavy atom. The van der Waals surface area contributed by atoms with Crippen LogP contribution in [0.5, 0.6) is 0 Å². The first-order valence-electron chi connectivity index (χ1n) is 5.80. The molecule has 1 atom stereocenters. The number of likely N-dealkylation sites (tertiary alicyclic amines) is 1. The second-order valence-corrected chi connectivity index (χ2v) is 6.15. The first-order valence-corrected chi connectivity index (χ1v) is 6.78. The first-order chi connectivity index (χ1) is 8.07. The molecule has 3 nitrogen and oxygen atoms in total. The molecule has 0 aromatic heterocycles. The van der Waals surface area contributed by atoms with Gasteiger partial charge >= 0.3 is 0 Å². The average Bonchev–Trinajstić information content (AvgIpc) is 2.68. The minimum Gasteiger partial charge on any atom is -0.386 e. The molecule has 1 fully saturated rings. The van der Waals surface area contributed by atoms with E-state index in [4.69, 9.17) is 0 Å².